The highest BCUT2D eigenvalue weighted by Gasteiger charge is 2.15. The molecular weight excluding hydrogens is 328 g/mol. The summed E-state index contributed by atoms with van der Waals surface area (Å²) in [5.41, 5.74) is 1.61. The van der Waals surface area contributed by atoms with E-state index >= 15 is 0 Å². The molecule has 1 aliphatic heterocycles. The van der Waals surface area contributed by atoms with Gasteiger partial charge in [0.05, 0.1) is 18.9 Å². The third-order valence-electron chi connectivity index (χ3n) is 4.01. The van der Waals surface area contributed by atoms with Crippen LogP contribution in [-0.4, -0.2) is 41.5 Å². The molecule has 124 valence electrons. The lowest BCUT2D eigenvalue weighted by Crippen LogP contribution is -2.36. The minimum Gasteiger partial charge on any atom is -0.487 e. The van der Waals surface area contributed by atoms with E-state index in [4.69, 9.17) is 21.1 Å². The van der Waals surface area contributed by atoms with Crippen LogP contribution in [0.1, 0.15) is 5.69 Å². The van der Waals surface area contributed by atoms with E-state index in [9.17, 15) is 0 Å². The standard InChI is InChI=1S/C17H17ClN4O2/c18-12-1-3-13(4-2-12)24-11-15-14-5-6-16(19-17(14)21-20-15)22-7-9-23-10-8-22/h1-6H,7-11H2,(H,19,20,21). The fourth-order valence-corrected chi connectivity index (χ4v) is 2.83. The molecule has 2 aromatic heterocycles. The molecule has 0 aliphatic carbocycles. The summed E-state index contributed by atoms with van der Waals surface area (Å²) in [5, 5.41) is 8.99. The van der Waals surface area contributed by atoms with Crippen molar-refractivity contribution < 1.29 is 9.47 Å². The first-order chi connectivity index (χ1) is 11.8. The highest BCUT2D eigenvalue weighted by Crippen LogP contribution is 2.22. The number of fused-ring (bicyclic) bond motifs is 1. The summed E-state index contributed by atoms with van der Waals surface area (Å²) in [6.07, 6.45) is 0. The van der Waals surface area contributed by atoms with Crippen LogP contribution in [0.4, 0.5) is 5.82 Å². The molecule has 0 atom stereocenters. The van der Waals surface area contributed by atoms with Gasteiger partial charge in [0.2, 0.25) is 0 Å². The van der Waals surface area contributed by atoms with Crippen molar-refractivity contribution >= 4 is 28.5 Å². The van der Waals surface area contributed by atoms with Crippen molar-refractivity contribution in [2.24, 2.45) is 0 Å². The number of halogens is 1. The third kappa shape index (κ3) is 3.16. The van der Waals surface area contributed by atoms with Crippen molar-refractivity contribution in [1.29, 1.82) is 0 Å². The molecular formula is C17H17ClN4O2. The number of anilines is 1. The summed E-state index contributed by atoms with van der Waals surface area (Å²) in [4.78, 5) is 6.85. The summed E-state index contributed by atoms with van der Waals surface area (Å²) < 4.78 is 11.2. The molecule has 1 saturated heterocycles. The number of pyridine rings is 1. The number of nitrogens with zero attached hydrogens (tertiary/aromatic N) is 3. The first kappa shape index (κ1) is 15.2. The number of aromatic amines is 1. The summed E-state index contributed by atoms with van der Waals surface area (Å²) in [6, 6.07) is 11.4. The Morgan fingerprint density at radius 3 is 2.71 bits per heavy atom. The Bertz CT molecular complexity index is 828. The quantitative estimate of drug-likeness (QED) is 0.788. The maximum absolute atomic E-state index is 5.88. The summed E-state index contributed by atoms with van der Waals surface area (Å²) >= 11 is 5.88. The van der Waals surface area contributed by atoms with Gasteiger partial charge in [0, 0.05) is 23.5 Å². The van der Waals surface area contributed by atoms with Crippen molar-refractivity contribution in [3.8, 4) is 5.75 Å². The number of hydrogen-bond donors (Lipinski definition) is 1. The zero-order valence-electron chi connectivity index (χ0n) is 13.0. The van der Waals surface area contributed by atoms with Crippen LogP contribution in [0.3, 0.4) is 0 Å². The summed E-state index contributed by atoms with van der Waals surface area (Å²) in [5.74, 6) is 1.70. The SMILES string of the molecule is Clc1ccc(OCc2[nH]nc3nc(N4CCOCC4)ccc23)cc1. The molecule has 3 aromatic rings. The average molecular weight is 345 g/mol. The van der Waals surface area contributed by atoms with Gasteiger partial charge in [-0.2, -0.15) is 5.10 Å². The third-order valence-corrected chi connectivity index (χ3v) is 4.27. The van der Waals surface area contributed by atoms with Gasteiger partial charge in [-0.15, -0.1) is 0 Å². The number of hydrogen-bond acceptors (Lipinski definition) is 5. The molecule has 0 saturated carbocycles. The van der Waals surface area contributed by atoms with Gasteiger partial charge in [-0.05, 0) is 36.4 Å². The normalized spacial score (nSPS) is 15.0. The predicted octanol–water partition coefficient (Wildman–Crippen LogP) is 3.03. The van der Waals surface area contributed by atoms with Crippen molar-refractivity contribution in [2.75, 3.05) is 31.2 Å². The Hall–Kier alpha value is -2.31. The van der Waals surface area contributed by atoms with Crippen molar-refractivity contribution in [2.45, 2.75) is 6.61 Å². The molecule has 7 heteroatoms. The molecule has 0 bridgehead atoms. The van der Waals surface area contributed by atoms with Gasteiger partial charge in [0.1, 0.15) is 18.2 Å². The lowest BCUT2D eigenvalue weighted by atomic mass is 10.2. The molecule has 0 unspecified atom stereocenters. The number of morpholine rings is 1. The number of H-pyrrole nitrogens is 1. The Kier molecular flexibility index (Phi) is 4.23. The van der Waals surface area contributed by atoms with Crippen molar-refractivity contribution in [3.63, 3.8) is 0 Å². The molecule has 4 rings (SSSR count). The number of ether oxygens (including phenoxy) is 2. The van der Waals surface area contributed by atoms with Gasteiger partial charge in [-0.25, -0.2) is 4.98 Å². The Morgan fingerprint density at radius 2 is 1.92 bits per heavy atom. The highest BCUT2D eigenvalue weighted by molar-refractivity contribution is 6.30. The van der Waals surface area contributed by atoms with E-state index in [0.29, 0.717) is 17.3 Å². The van der Waals surface area contributed by atoms with Crippen molar-refractivity contribution in [3.05, 3.63) is 47.1 Å². The molecule has 1 fully saturated rings. The zero-order valence-corrected chi connectivity index (χ0v) is 13.8. The molecule has 0 amide bonds. The number of aromatic nitrogens is 3. The van der Waals surface area contributed by atoms with Crippen LogP contribution in [0.15, 0.2) is 36.4 Å². The highest BCUT2D eigenvalue weighted by atomic mass is 35.5. The van der Waals surface area contributed by atoms with Crippen LogP contribution in [0, 0.1) is 0 Å². The molecule has 0 spiro atoms. The number of rotatable bonds is 4. The van der Waals surface area contributed by atoms with Gasteiger partial charge in [0.25, 0.3) is 0 Å². The van der Waals surface area contributed by atoms with E-state index in [1.54, 1.807) is 12.1 Å². The van der Waals surface area contributed by atoms with E-state index in [0.717, 1.165) is 49.0 Å². The van der Waals surface area contributed by atoms with Crippen molar-refractivity contribution in [1.82, 2.24) is 15.2 Å². The first-order valence-electron chi connectivity index (χ1n) is 7.85. The van der Waals surface area contributed by atoms with E-state index < -0.39 is 0 Å². The van der Waals surface area contributed by atoms with Crippen LogP contribution in [0.2, 0.25) is 5.02 Å². The zero-order chi connectivity index (χ0) is 16.4. The van der Waals surface area contributed by atoms with Crippen LogP contribution < -0.4 is 9.64 Å². The Morgan fingerprint density at radius 1 is 1.12 bits per heavy atom. The summed E-state index contributed by atoms with van der Waals surface area (Å²) in [7, 11) is 0. The fraction of sp³-hybridized carbons (Fsp3) is 0.294. The van der Waals surface area contributed by atoms with E-state index in [-0.39, 0.29) is 0 Å². The lowest BCUT2D eigenvalue weighted by Gasteiger charge is -2.27. The van der Waals surface area contributed by atoms with Gasteiger partial charge < -0.3 is 14.4 Å². The maximum atomic E-state index is 5.88. The average Bonchev–Trinajstić information content (AvgIpc) is 3.04. The van der Waals surface area contributed by atoms with E-state index in [2.05, 4.69) is 20.1 Å². The molecule has 1 N–H and O–H groups in total. The van der Waals surface area contributed by atoms with E-state index in [1.165, 1.54) is 0 Å². The Labute approximate surface area is 144 Å². The van der Waals surface area contributed by atoms with Gasteiger partial charge in [0.15, 0.2) is 5.65 Å². The summed E-state index contributed by atoms with van der Waals surface area (Å²) in [6.45, 7) is 3.59. The molecule has 1 aromatic carbocycles. The van der Waals surface area contributed by atoms with Crippen LogP contribution in [0.5, 0.6) is 5.75 Å². The largest absolute Gasteiger partial charge is 0.487 e. The predicted molar refractivity (Wildman–Crippen MR) is 92.7 cm³/mol. The fourth-order valence-electron chi connectivity index (χ4n) is 2.70. The minimum absolute atomic E-state index is 0.400. The second-order valence-corrected chi connectivity index (χ2v) is 6.02. The molecule has 3 heterocycles. The minimum atomic E-state index is 0.400. The molecule has 0 radical (unpaired) electrons. The molecule has 1 aliphatic rings. The second kappa shape index (κ2) is 6.67. The number of nitrogens with one attached hydrogen (secondary N) is 1. The van der Waals surface area contributed by atoms with Crippen LogP contribution >= 0.6 is 11.6 Å². The van der Waals surface area contributed by atoms with E-state index in [1.807, 2.05) is 24.3 Å². The van der Waals surface area contributed by atoms with Gasteiger partial charge in [-0.3, -0.25) is 5.10 Å². The van der Waals surface area contributed by atoms with Crippen LogP contribution in [-0.2, 0) is 11.3 Å². The smallest absolute Gasteiger partial charge is 0.183 e. The van der Waals surface area contributed by atoms with Gasteiger partial charge in [-0.1, -0.05) is 11.6 Å². The second-order valence-electron chi connectivity index (χ2n) is 5.58. The first-order valence-corrected chi connectivity index (χ1v) is 8.22. The lowest BCUT2D eigenvalue weighted by molar-refractivity contribution is 0.122. The van der Waals surface area contributed by atoms with Gasteiger partial charge >= 0.3 is 0 Å². The maximum Gasteiger partial charge on any atom is 0.183 e. The Balaban J connectivity index is 1.51. The van der Waals surface area contributed by atoms with Crippen LogP contribution in [0.25, 0.3) is 11.0 Å². The molecule has 24 heavy (non-hydrogen) atoms. The topological polar surface area (TPSA) is 63.3 Å². The number of benzene rings is 1. The molecule has 6 nitrogen and oxygen atoms in total. The monoisotopic (exact) mass is 344 g/mol.